The van der Waals surface area contributed by atoms with Crippen molar-refractivity contribution in [2.45, 2.75) is 132 Å². The van der Waals surface area contributed by atoms with Gasteiger partial charge in [0, 0.05) is 37.2 Å². The molecule has 33 nitrogen and oxygen atoms in total. The van der Waals surface area contributed by atoms with E-state index in [0.717, 1.165) is 0 Å². The predicted molar refractivity (Wildman–Crippen MR) is 381 cm³/mol. The Labute approximate surface area is 607 Å². The van der Waals surface area contributed by atoms with Crippen molar-refractivity contribution >= 4 is 126 Å². The molecule has 0 heterocycles. The van der Waals surface area contributed by atoms with Gasteiger partial charge in [-0.2, -0.15) is 37.0 Å². The Balaban J connectivity index is 1.53. The molecule has 4 rings (SSSR count). The van der Waals surface area contributed by atoms with Crippen LogP contribution in [0.3, 0.4) is 0 Å². The van der Waals surface area contributed by atoms with E-state index >= 15 is 0 Å². The highest BCUT2D eigenvalue weighted by atomic mass is 32.2. The molecule has 0 aliphatic rings. The van der Waals surface area contributed by atoms with Crippen LogP contribution in [0.1, 0.15) is 62.3 Å². The largest absolute Gasteiger partial charge is 0.508 e. The van der Waals surface area contributed by atoms with Crippen molar-refractivity contribution in [3.05, 3.63) is 131 Å². The van der Waals surface area contributed by atoms with E-state index in [1.165, 1.54) is 81.1 Å². The van der Waals surface area contributed by atoms with Gasteiger partial charge >= 0.3 is 17.9 Å². The van der Waals surface area contributed by atoms with Crippen molar-refractivity contribution < 1.29 is 97.5 Å². The zero-order valence-corrected chi connectivity index (χ0v) is 59.2. The maximum Gasteiger partial charge on any atom is 0.326 e. The minimum Gasteiger partial charge on any atom is -0.508 e. The third kappa shape index (κ3) is 29.9. The number of carbonyl (C=O) groups is 15. The van der Waals surface area contributed by atoms with Gasteiger partial charge in [-0.25, -0.2) is 4.79 Å². The molecule has 4 aromatic carbocycles. The number of benzene rings is 4. The van der Waals surface area contributed by atoms with E-state index < -0.39 is 193 Å². The van der Waals surface area contributed by atoms with E-state index in [4.69, 9.17) is 5.73 Å². The lowest BCUT2D eigenvalue weighted by Gasteiger charge is -2.27. The highest BCUT2D eigenvalue weighted by Crippen LogP contribution is 2.16. The van der Waals surface area contributed by atoms with Crippen LogP contribution in [0.25, 0.3) is 0 Å². The molecular formula is C67H87N13O20S3. The summed E-state index contributed by atoms with van der Waals surface area (Å²) in [6.45, 7) is 2.83. The van der Waals surface area contributed by atoms with Crippen molar-refractivity contribution in [3.63, 3.8) is 0 Å². The summed E-state index contributed by atoms with van der Waals surface area (Å²) in [6.07, 6.45) is -1.29. The quantitative estimate of drug-likeness (QED) is 0.0198. The molecule has 12 amide bonds. The van der Waals surface area contributed by atoms with Crippen LogP contribution in [-0.2, 0) is 97.6 Å². The highest BCUT2D eigenvalue weighted by molar-refractivity contribution is 7.98. The second-order valence-corrected chi connectivity index (χ2v) is 25.6. The molecule has 0 radical (unpaired) electrons. The molecule has 0 fully saturated rings. The Morgan fingerprint density at radius 2 is 0.728 bits per heavy atom. The fraction of sp³-hybridized carbons (Fsp3) is 0.418. The molecular weight excluding hydrogens is 1400 g/mol. The van der Waals surface area contributed by atoms with Gasteiger partial charge in [0.1, 0.15) is 78.0 Å². The number of rotatable bonds is 43. The number of nitrogens with one attached hydrogen (secondary N) is 12. The maximum absolute atomic E-state index is 14.5. The molecule has 19 N–H and O–H groups in total. The van der Waals surface area contributed by atoms with Gasteiger partial charge in [-0.05, 0) is 77.8 Å². The summed E-state index contributed by atoms with van der Waals surface area (Å²) < 4.78 is 0. The van der Waals surface area contributed by atoms with Crippen LogP contribution in [-0.4, -0.2) is 217 Å². The minimum absolute atomic E-state index is 0.0217. The average molecular weight is 1490 g/mol. The fourth-order valence-corrected chi connectivity index (χ4v) is 10.8. The van der Waals surface area contributed by atoms with Crippen molar-refractivity contribution in [1.82, 2.24) is 63.8 Å². The number of thiol groups is 2. The van der Waals surface area contributed by atoms with Crippen LogP contribution in [0, 0.1) is 5.92 Å². The molecule has 0 unspecified atom stereocenters. The fourth-order valence-electron chi connectivity index (χ4n) is 9.80. The van der Waals surface area contributed by atoms with Gasteiger partial charge in [0.2, 0.25) is 70.9 Å². The van der Waals surface area contributed by atoms with Gasteiger partial charge in [-0.3, -0.25) is 67.1 Å². The second-order valence-electron chi connectivity index (χ2n) is 23.9. The Morgan fingerprint density at radius 3 is 1.12 bits per heavy atom. The number of hydrogen-bond donors (Lipinski definition) is 20. The number of nitrogens with two attached hydrogens (primary N) is 1. The molecule has 36 heteroatoms. The van der Waals surface area contributed by atoms with Crippen molar-refractivity contribution in [2.75, 3.05) is 36.6 Å². The molecule has 0 aliphatic carbocycles. The van der Waals surface area contributed by atoms with Crippen LogP contribution in [0.5, 0.6) is 11.5 Å². The van der Waals surface area contributed by atoms with Gasteiger partial charge in [0.15, 0.2) is 0 Å². The number of aliphatic carboxylic acids is 3. The van der Waals surface area contributed by atoms with Gasteiger partial charge < -0.3 is 95.1 Å². The number of amides is 12. The van der Waals surface area contributed by atoms with E-state index in [1.54, 1.807) is 66.9 Å². The molecule has 558 valence electrons. The lowest BCUT2D eigenvalue weighted by Crippen LogP contribution is -2.61. The Kier molecular flexibility index (Phi) is 35.8. The summed E-state index contributed by atoms with van der Waals surface area (Å²) in [5.74, 6) is -18.0. The number of phenolic OH excluding ortho intramolecular Hbond substituents is 2. The van der Waals surface area contributed by atoms with Crippen molar-refractivity contribution in [1.29, 1.82) is 0 Å². The number of hydrogen-bond acceptors (Lipinski definition) is 21. The third-order valence-electron chi connectivity index (χ3n) is 15.4. The van der Waals surface area contributed by atoms with Gasteiger partial charge in [0.25, 0.3) is 0 Å². The molecule has 0 saturated heterocycles. The maximum atomic E-state index is 14.5. The zero-order chi connectivity index (χ0) is 76.5. The Hall–Kier alpha value is -10.5. The first-order valence-electron chi connectivity index (χ1n) is 32.2. The van der Waals surface area contributed by atoms with E-state index in [-0.39, 0.29) is 55.1 Å². The Morgan fingerprint density at radius 1 is 0.398 bits per heavy atom. The number of phenols is 2. The Bertz CT molecular complexity index is 3600. The first-order chi connectivity index (χ1) is 48.8. The molecule has 0 aliphatic heterocycles. The summed E-state index contributed by atoms with van der Waals surface area (Å²) >= 11 is 9.68. The highest BCUT2D eigenvalue weighted by Gasteiger charge is 2.37. The molecule has 11 atom stereocenters. The first kappa shape index (κ1) is 85.0. The standard InChI is InChI=1S/C67H87N13O20S3/c1-35(2)56(67(99)100)80-64(96)49(30-55(87)88)77-59(91)43(23-24-103-4)73-63(95)47(28-40-17-21-42(82)22-18-40)75-65(97)50(33-101)78-57(89)36(3)70-60(92)46(27-39-15-19-41(81)20-16-39)74-61(93)45(26-38-13-9-6-10-14-38)72-53(84)32-69-58(90)48(29-54(85)86)76-66(98)51(34-102)79-62(94)44(71-52(83)31-68)25-37-11-7-5-8-12-37/h5-22,35-36,43-51,56,81-82,101-102H,23-34,68H2,1-4H3,(H,69,90)(H,70,92)(H,71,83)(H,72,84)(H,73,95)(H,74,93)(H,75,97)(H,76,98)(H,77,91)(H,78,89)(H,79,94)(H,80,96)(H,85,86)(H,87,88)(H,99,100)/t36-,43-,44-,45-,46-,47-,48-,49-,50-,51-,56-/m0/s1. The third-order valence-corrected chi connectivity index (χ3v) is 16.8. The molecule has 0 aromatic heterocycles. The monoisotopic (exact) mass is 1490 g/mol. The number of carbonyl (C=O) groups excluding carboxylic acids is 12. The number of thioether (sulfide) groups is 1. The van der Waals surface area contributed by atoms with E-state index in [1.807, 2.05) is 0 Å². The lowest BCUT2D eigenvalue weighted by molar-refractivity contribution is -0.144. The number of carboxylic acid groups (broad SMARTS) is 3. The van der Waals surface area contributed by atoms with Crippen LogP contribution < -0.4 is 69.5 Å². The molecule has 4 aromatic rings. The second kappa shape index (κ2) is 43.4. The summed E-state index contributed by atoms with van der Waals surface area (Å²) in [7, 11) is 0. The van der Waals surface area contributed by atoms with E-state index in [9.17, 15) is 97.5 Å². The molecule has 0 saturated carbocycles. The van der Waals surface area contributed by atoms with Crippen LogP contribution in [0.2, 0.25) is 0 Å². The molecule has 0 spiro atoms. The lowest BCUT2D eigenvalue weighted by atomic mass is 10.0. The van der Waals surface area contributed by atoms with E-state index in [0.29, 0.717) is 22.3 Å². The first-order valence-corrected chi connectivity index (χ1v) is 34.8. The van der Waals surface area contributed by atoms with Crippen molar-refractivity contribution in [3.8, 4) is 11.5 Å². The van der Waals surface area contributed by atoms with Gasteiger partial charge in [-0.15, -0.1) is 0 Å². The smallest absolute Gasteiger partial charge is 0.326 e. The van der Waals surface area contributed by atoms with Crippen LogP contribution in [0.4, 0.5) is 0 Å². The summed E-state index contributed by atoms with van der Waals surface area (Å²) in [5.41, 5.74) is 7.33. The average Bonchev–Trinajstić information content (AvgIpc) is 0.863. The summed E-state index contributed by atoms with van der Waals surface area (Å²) in [6, 6.07) is 10.5. The SMILES string of the molecule is CSCC[C@H](NC(=O)[C@H](Cc1ccc(O)cc1)NC(=O)[C@H](CS)NC(=O)[C@H](C)NC(=O)[C@H](Cc1ccc(O)cc1)NC(=O)[C@H](Cc1ccccc1)NC(=O)CNC(=O)[C@H](CC(=O)O)NC(=O)[C@H](CS)NC(=O)[C@H](Cc1ccccc1)NC(=O)CN)C(=O)N[C@@H](CC(=O)O)C(=O)N[C@H](C(=O)O)C(C)C. The topological polar surface area (TPSA) is 528 Å². The van der Waals surface area contributed by atoms with Gasteiger partial charge in [-0.1, -0.05) is 98.8 Å². The minimum atomic E-state index is -1.86. The summed E-state index contributed by atoms with van der Waals surface area (Å²) in [4.78, 5) is 201. The van der Waals surface area contributed by atoms with E-state index in [2.05, 4.69) is 89.1 Å². The van der Waals surface area contributed by atoms with Crippen LogP contribution in [0.15, 0.2) is 109 Å². The number of aromatic hydroxyl groups is 2. The van der Waals surface area contributed by atoms with Crippen molar-refractivity contribution in [2.24, 2.45) is 11.7 Å². The normalized spacial score (nSPS) is 14.1. The summed E-state index contributed by atoms with van der Waals surface area (Å²) in [5, 5.41) is 78.1. The molecule has 103 heavy (non-hydrogen) atoms. The molecule has 0 bridgehead atoms. The number of carboxylic acids is 3. The predicted octanol–water partition coefficient (Wildman–Crippen LogP) is -2.90. The van der Waals surface area contributed by atoms with Gasteiger partial charge in [0.05, 0.1) is 25.9 Å². The van der Waals surface area contributed by atoms with Crippen LogP contribution >= 0.6 is 37.0 Å². The zero-order valence-electron chi connectivity index (χ0n) is 56.5.